The number of likely N-dealkylation sites (N-methyl/N-ethyl adjacent to an activating group) is 1. The Hall–Kier alpha value is -3.09. The Morgan fingerprint density at radius 1 is 1.19 bits per heavy atom. The third-order valence-electron chi connectivity index (χ3n) is 4.33. The van der Waals surface area contributed by atoms with E-state index < -0.39 is 0 Å². The summed E-state index contributed by atoms with van der Waals surface area (Å²) >= 11 is 0. The van der Waals surface area contributed by atoms with E-state index in [1.54, 1.807) is 17.0 Å². The topological polar surface area (TPSA) is 61.9 Å². The average molecular weight is 371 g/mol. The SMILES string of the molecule is CCN(C(=O)CNC(=O)N1CCCOc2ccccc21)c1ccc(F)cc1. The summed E-state index contributed by atoms with van der Waals surface area (Å²) in [6, 6.07) is 12.7. The minimum atomic E-state index is -0.363. The van der Waals surface area contributed by atoms with Gasteiger partial charge in [-0.2, -0.15) is 0 Å². The van der Waals surface area contributed by atoms with E-state index >= 15 is 0 Å². The normalized spacial score (nSPS) is 13.2. The number of halogens is 1. The van der Waals surface area contributed by atoms with E-state index in [1.807, 2.05) is 31.2 Å². The molecule has 3 amide bonds. The van der Waals surface area contributed by atoms with Crippen LogP contribution in [-0.4, -0.2) is 38.2 Å². The van der Waals surface area contributed by atoms with Crippen molar-refractivity contribution in [3.8, 4) is 5.75 Å². The maximum Gasteiger partial charge on any atom is 0.322 e. The first-order chi connectivity index (χ1) is 13.1. The summed E-state index contributed by atoms with van der Waals surface area (Å²) < 4.78 is 18.7. The second-order valence-electron chi connectivity index (χ2n) is 6.09. The molecule has 1 aliphatic heterocycles. The van der Waals surface area contributed by atoms with Gasteiger partial charge in [-0.3, -0.25) is 9.69 Å². The van der Waals surface area contributed by atoms with Crippen molar-refractivity contribution in [1.29, 1.82) is 0 Å². The first kappa shape index (κ1) is 18.7. The second-order valence-corrected chi connectivity index (χ2v) is 6.09. The predicted molar refractivity (Wildman–Crippen MR) is 102 cm³/mol. The second kappa shape index (κ2) is 8.53. The van der Waals surface area contributed by atoms with Gasteiger partial charge in [-0.05, 0) is 49.7 Å². The zero-order valence-corrected chi connectivity index (χ0v) is 15.2. The number of fused-ring (bicyclic) bond motifs is 1. The lowest BCUT2D eigenvalue weighted by molar-refractivity contribution is -0.117. The number of para-hydroxylation sites is 2. The highest BCUT2D eigenvalue weighted by Gasteiger charge is 2.23. The highest BCUT2D eigenvalue weighted by molar-refractivity contribution is 5.99. The van der Waals surface area contributed by atoms with Gasteiger partial charge in [0.25, 0.3) is 0 Å². The molecule has 3 rings (SSSR count). The Balaban J connectivity index is 1.66. The Morgan fingerprint density at radius 3 is 2.67 bits per heavy atom. The molecule has 142 valence electrons. The highest BCUT2D eigenvalue weighted by atomic mass is 19.1. The number of hydrogen-bond donors (Lipinski definition) is 1. The molecular formula is C20H22FN3O3. The van der Waals surface area contributed by atoms with Gasteiger partial charge in [-0.15, -0.1) is 0 Å². The summed E-state index contributed by atoms with van der Waals surface area (Å²) in [5.41, 5.74) is 1.28. The van der Waals surface area contributed by atoms with Gasteiger partial charge in [0.05, 0.1) is 18.8 Å². The van der Waals surface area contributed by atoms with Gasteiger partial charge in [-0.1, -0.05) is 12.1 Å². The number of amides is 3. The molecule has 0 aliphatic carbocycles. The molecule has 1 N–H and O–H groups in total. The molecular weight excluding hydrogens is 349 g/mol. The number of nitrogens with zero attached hydrogens (tertiary/aromatic N) is 2. The number of hydrogen-bond acceptors (Lipinski definition) is 3. The van der Waals surface area contributed by atoms with E-state index in [1.165, 1.54) is 17.0 Å². The van der Waals surface area contributed by atoms with Crippen LogP contribution in [0.5, 0.6) is 5.75 Å². The number of urea groups is 1. The molecule has 0 atom stereocenters. The van der Waals surface area contributed by atoms with Gasteiger partial charge in [0.1, 0.15) is 11.6 Å². The van der Waals surface area contributed by atoms with Crippen molar-refractivity contribution in [2.75, 3.05) is 36.0 Å². The first-order valence-electron chi connectivity index (χ1n) is 8.93. The lowest BCUT2D eigenvalue weighted by Gasteiger charge is -2.24. The molecule has 6 nitrogen and oxygen atoms in total. The quantitative estimate of drug-likeness (QED) is 0.898. The summed E-state index contributed by atoms with van der Waals surface area (Å²) in [6.07, 6.45) is 0.701. The standard InChI is InChI=1S/C20H22FN3O3/c1-2-23(16-10-8-15(21)9-11-16)19(25)14-22-20(26)24-12-5-13-27-18-7-4-3-6-17(18)24/h3-4,6-11H,2,5,12-14H2,1H3,(H,22,26). The molecule has 0 aromatic heterocycles. The number of nitrogens with one attached hydrogen (secondary N) is 1. The number of ether oxygens (including phenoxy) is 1. The van der Waals surface area contributed by atoms with Crippen LogP contribution in [0.25, 0.3) is 0 Å². The molecule has 0 saturated carbocycles. The minimum absolute atomic E-state index is 0.149. The van der Waals surface area contributed by atoms with Crippen LogP contribution in [0.4, 0.5) is 20.6 Å². The minimum Gasteiger partial charge on any atom is -0.491 e. The van der Waals surface area contributed by atoms with E-state index in [0.29, 0.717) is 43.2 Å². The number of benzene rings is 2. The number of rotatable bonds is 4. The van der Waals surface area contributed by atoms with E-state index in [9.17, 15) is 14.0 Å². The smallest absolute Gasteiger partial charge is 0.322 e. The fourth-order valence-corrected chi connectivity index (χ4v) is 3.00. The molecule has 2 aromatic carbocycles. The lowest BCUT2D eigenvalue weighted by atomic mass is 10.2. The Bertz CT molecular complexity index is 810. The van der Waals surface area contributed by atoms with Gasteiger partial charge >= 0.3 is 6.03 Å². The van der Waals surface area contributed by atoms with E-state index in [-0.39, 0.29) is 24.3 Å². The lowest BCUT2D eigenvalue weighted by Crippen LogP contribution is -2.46. The number of anilines is 2. The van der Waals surface area contributed by atoms with Crippen molar-refractivity contribution in [2.24, 2.45) is 0 Å². The number of carbonyl (C=O) groups is 2. The molecule has 0 bridgehead atoms. The Kier molecular flexibility index (Phi) is 5.90. The zero-order chi connectivity index (χ0) is 19.2. The Morgan fingerprint density at radius 2 is 1.93 bits per heavy atom. The maximum atomic E-state index is 13.1. The maximum absolute atomic E-state index is 13.1. The van der Waals surface area contributed by atoms with Crippen LogP contribution in [0.15, 0.2) is 48.5 Å². The van der Waals surface area contributed by atoms with Gasteiger partial charge in [0.15, 0.2) is 0 Å². The molecule has 27 heavy (non-hydrogen) atoms. The zero-order valence-electron chi connectivity index (χ0n) is 15.2. The summed E-state index contributed by atoms with van der Waals surface area (Å²) in [5.74, 6) is 0.0207. The van der Waals surface area contributed by atoms with Crippen molar-refractivity contribution in [1.82, 2.24) is 5.32 Å². The van der Waals surface area contributed by atoms with Crippen LogP contribution in [0.1, 0.15) is 13.3 Å². The van der Waals surface area contributed by atoms with Crippen LogP contribution in [0, 0.1) is 5.82 Å². The molecule has 0 saturated heterocycles. The van der Waals surface area contributed by atoms with Gasteiger partial charge in [0.2, 0.25) is 5.91 Å². The fraction of sp³-hybridized carbons (Fsp3) is 0.300. The summed E-state index contributed by atoms with van der Waals surface area (Å²) in [4.78, 5) is 28.3. The molecule has 0 fully saturated rings. The summed E-state index contributed by atoms with van der Waals surface area (Å²) in [7, 11) is 0. The van der Waals surface area contributed by atoms with Gasteiger partial charge < -0.3 is 15.0 Å². The molecule has 0 spiro atoms. The fourth-order valence-electron chi connectivity index (χ4n) is 3.00. The monoisotopic (exact) mass is 371 g/mol. The highest BCUT2D eigenvalue weighted by Crippen LogP contribution is 2.30. The number of carbonyl (C=O) groups excluding carboxylic acids is 2. The predicted octanol–water partition coefficient (Wildman–Crippen LogP) is 3.18. The van der Waals surface area contributed by atoms with Crippen molar-refractivity contribution >= 4 is 23.3 Å². The van der Waals surface area contributed by atoms with Crippen molar-refractivity contribution < 1.29 is 18.7 Å². The van der Waals surface area contributed by atoms with Crippen LogP contribution >= 0.6 is 0 Å². The largest absolute Gasteiger partial charge is 0.491 e. The van der Waals surface area contributed by atoms with Crippen molar-refractivity contribution in [3.63, 3.8) is 0 Å². The van der Waals surface area contributed by atoms with Gasteiger partial charge in [0, 0.05) is 18.8 Å². The molecule has 0 radical (unpaired) electrons. The van der Waals surface area contributed by atoms with Crippen LogP contribution in [0.3, 0.4) is 0 Å². The van der Waals surface area contributed by atoms with Crippen LogP contribution < -0.4 is 19.9 Å². The van der Waals surface area contributed by atoms with Gasteiger partial charge in [-0.25, -0.2) is 9.18 Å². The van der Waals surface area contributed by atoms with E-state index in [4.69, 9.17) is 4.74 Å². The average Bonchev–Trinajstić information content (AvgIpc) is 2.91. The van der Waals surface area contributed by atoms with Crippen molar-refractivity contribution in [2.45, 2.75) is 13.3 Å². The third kappa shape index (κ3) is 4.36. The summed E-state index contributed by atoms with van der Waals surface area (Å²) in [5, 5.41) is 2.68. The molecule has 2 aromatic rings. The summed E-state index contributed by atoms with van der Waals surface area (Å²) in [6.45, 7) is 3.14. The third-order valence-corrected chi connectivity index (χ3v) is 4.33. The molecule has 1 heterocycles. The molecule has 1 aliphatic rings. The van der Waals surface area contributed by atoms with Crippen LogP contribution in [-0.2, 0) is 4.79 Å². The van der Waals surface area contributed by atoms with E-state index in [2.05, 4.69) is 5.32 Å². The first-order valence-corrected chi connectivity index (χ1v) is 8.93. The molecule has 7 heteroatoms. The van der Waals surface area contributed by atoms with E-state index in [0.717, 1.165) is 0 Å². The van der Waals surface area contributed by atoms with Crippen molar-refractivity contribution in [3.05, 3.63) is 54.3 Å². The Labute approximate surface area is 157 Å². The molecule has 0 unspecified atom stereocenters. The van der Waals surface area contributed by atoms with Crippen LogP contribution in [0.2, 0.25) is 0 Å².